The summed E-state index contributed by atoms with van der Waals surface area (Å²) in [5, 5.41) is 0. The Morgan fingerprint density at radius 2 is 1.23 bits per heavy atom. The average molecular weight is 463 g/mol. The van der Waals surface area contributed by atoms with Crippen LogP contribution in [0.4, 0.5) is 0 Å². The maximum atomic E-state index is 12.0. The van der Waals surface area contributed by atoms with Crippen molar-refractivity contribution >= 4 is 7.82 Å². The summed E-state index contributed by atoms with van der Waals surface area (Å²) in [5.41, 5.74) is 0. The molecule has 0 saturated carbocycles. The van der Waals surface area contributed by atoms with E-state index in [2.05, 4.69) is 21.0 Å². The number of hydrogen-bond acceptors (Lipinski definition) is 3. The van der Waals surface area contributed by atoms with Crippen molar-refractivity contribution in [3.63, 3.8) is 0 Å². The van der Waals surface area contributed by atoms with Gasteiger partial charge in [-0.05, 0) is 6.42 Å². The van der Waals surface area contributed by atoms with Crippen molar-refractivity contribution in [3.8, 4) is 0 Å². The minimum atomic E-state index is -3.90. The lowest BCUT2D eigenvalue weighted by molar-refractivity contribution is -0.902. The van der Waals surface area contributed by atoms with Gasteiger partial charge in [0.25, 0.3) is 0 Å². The van der Waals surface area contributed by atoms with Gasteiger partial charge in [-0.2, -0.15) is 0 Å². The first-order valence-electron chi connectivity index (χ1n) is 13.3. The molecule has 1 aliphatic rings. The first-order valence-corrected chi connectivity index (χ1v) is 14.8. The summed E-state index contributed by atoms with van der Waals surface area (Å²) >= 11 is 0. The van der Waals surface area contributed by atoms with Gasteiger partial charge in [-0.15, -0.1) is 0 Å². The first-order chi connectivity index (χ1) is 14.9. The van der Waals surface area contributed by atoms with Gasteiger partial charge in [0.05, 0.1) is 27.2 Å². The van der Waals surface area contributed by atoms with Crippen LogP contribution in [0.3, 0.4) is 0 Å². The maximum Gasteiger partial charge on any atom is 0.472 e. The lowest BCUT2D eigenvalue weighted by atomic mass is 10.0. The zero-order chi connectivity index (χ0) is 22.8. The maximum absolute atomic E-state index is 12.0. The Morgan fingerprint density at radius 3 is 1.65 bits per heavy atom. The highest BCUT2D eigenvalue weighted by molar-refractivity contribution is 7.47. The Bertz CT molecular complexity index is 472. The van der Waals surface area contributed by atoms with Crippen molar-refractivity contribution < 1.29 is 23.0 Å². The summed E-state index contributed by atoms with van der Waals surface area (Å²) in [7, 11) is 0.406. The van der Waals surface area contributed by atoms with Crippen LogP contribution in [0.15, 0.2) is 0 Å². The van der Waals surface area contributed by atoms with Crippen molar-refractivity contribution in [2.75, 3.05) is 33.9 Å². The van der Waals surface area contributed by atoms with Gasteiger partial charge in [-0.1, -0.05) is 103 Å². The molecule has 31 heavy (non-hydrogen) atoms. The van der Waals surface area contributed by atoms with E-state index in [-0.39, 0.29) is 0 Å². The third-order valence-corrected chi connectivity index (χ3v) is 7.93. The van der Waals surface area contributed by atoms with Crippen LogP contribution in [-0.4, -0.2) is 49.3 Å². The second-order valence-electron chi connectivity index (χ2n) is 10.2. The number of unbranched alkanes of at least 4 members (excludes halogenated alkanes) is 15. The number of phosphoric acid groups is 1. The number of quaternary nitrogens is 1. The molecule has 1 aliphatic heterocycles. The number of phosphoric ester groups is 1. The molecule has 1 heterocycles. The molecule has 1 N–H and O–H groups in total. The van der Waals surface area contributed by atoms with Gasteiger partial charge in [0.1, 0.15) is 12.6 Å². The number of hydrogen-bond donors (Lipinski definition) is 1. The van der Waals surface area contributed by atoms with Crippen LogP contribution in [0.2, 0.25) is 0 Å². The normalized spacial score (nSPS) is 20.2. The Labute approximate surface area is 193 Å². The fraction of sp³-hybridized carbons (Fsp3) is 1.00. The second kappa shape index (κ2) is 17.5. The van der Waals surface area contributed by atoms with E-state index in [1.165, 1.54) is 89.9 Å². The summed E-state index contributed by atoms with van der Waals surface area (Å²) in [6, 6.07) is 0.291. The van der Waals surface area contributed by atoms with E-state index >= 15 is 0 Å². The molecule has 186 valence electrons. The zero-order valence-electron chi connectivity index (χ0n) is 21.0. The topological polar surface area (TPSA) is 55.8 Å². The molecule has 0 aromatic heterocycles. The monoisotopic (exact) mass is 462 g/mol. The van der Waals surface area contributed by atoms with Gasteiger partial charge in [-0.3, -0.25) is 9.05 Å². The van der Waals surface area contributed by atoms with Crippen molar-refractivity contribution in [1.29, 1.82) is 0 Å². The summed E-state index contributed by atoms with van der Waals surface area (Å²) < 4.78 is 23.3. The van der Waals surface area contributed by atoms with Crippen LogP contribution in [-0.2, 0) is 13.6 Å². The molecule has 6 heteroatoms. The summed E-state index contributed by atoms with van der Waals surface area (Å²) in [4.78, 5) is 9.87. The lowest BCUT2D eigenvalue weighted by Crippen LogP contribution is -2.46. The molecule has 0 aromatic rings. The van der Waals surface area contributed by atoms with Crippen LogP contribution in [0.1, 0.15) is 122 Å². The summed E-state index contributed by atoms with van der Waals surface area (Å²) in [6.45, 7) is 4.00. The van der Waals surface area contributed by atoms with Gasteiger partial charge in [0.2, 0.25) is 0 Å². The molecule has 0 aromatic carbocycles. The zero-order valence-corrected chi connectivity index (χ0v) is 21.9. The van der Waals surface area contributed by atoms with E-state index < -0.39 is 7.82 Å². The lowest BCUT2D eigenvalue weighted by Gasteiger charge is -2.31. The van der Waals surface area contributed by atoms with Gasteiger partial charge in [0, 0.05) is 12.8 Å². The van der Waals surface area contributed by atoms with Crippen molar-refractivity contribution in [2.24, 2.45) is 0 Å². The summed E-state index contributed by atoms with van der Waals surface area (Å²) in [5.74, 6) is 0. The van der Waals surface area contributed by atoms with E-state index in [1.54, 1.807) is 0 Å². The van der Waals surface area contributed by atoms with Gasteiger partial charge < -0.3 is 9.38 Å². The predicted molar refractivity (Wildman–Crippen MR) is 131 cm³/mol. The molecule has 1 rings (SSSR count). The Hall–Kier alpha value is 0.0700. The molecule has 0 radical (unpaired) electrons. The van der Waals surface area contributed by atoms with Crippen LogP contribution in [0.25, 0.3) is 0 Å². The molecule has 0 aliphatic carbocycles. The third kappa shape index (κ3) is 15.5. The Morgan fingerprint density at radius 1 is 0.774 bits per heavy atom. The SMILES string of the molecule is CCCCCCCCCCCCCCCCCCOP(=O)(O)OCC1CCC[N+]1(C)C. The minimum absolute atomic E-state index is 0.291. The molecule has 2 atom stereocenters. The predicted octanol–water partition coefficient (Wildman–Crippen LogP) is 7.62. The largest absolute Gasteiger partial charge is 0.472 e. The van der Waals surface area contributed by atoms with E-state index in [0.29, 0.717) is 19.3 Å². The van der Waals surface area contributed by atoms with E-state index in [1.807, 2.05) is 0 Å². The molecule has 2 unspecified atom stereocenters. The first kappa shape index (κ1) is 29.1. The average Bonchev–Trinajstić information content (AvgIpc) is 3.07. The number of likely N-dealkylation sites (N-methyl/N-ethyl adjacent to an activating group) is 1. The molecule has 5 nitrogen and oxygen atoms in total. The standard InChI is InChI=1S/C25H52NO4P/c1-4-5-6-7-8-9-10-11-12-13-14-15-16-17-18-19-23-29-31(27,28)30-24-25-21-20-22-26(25,2)3/h25H,4-24H2,1-3H3/p+1. The minimum Gasteiger partial charge on any atom is -0.324 e. The Balaban J connectivity index is 1.83. The molecule has 0 spiro atoms. The smallest absolute Gasteiger partial charge is 0.324 e. The highest BCUT2D eigenvalue weighted by Crippen LogP contribution is 2.44. The van der Waals surface area contributed by atoms with Crippen molar-refractivity contribution in [1.82, 2.24) is 0 Å². The van der Waals surface area contributed by atoms with E-state index in [0.717, 1.165) is 36.7 Å². The van der Waals surface area contributed by atoms with Gasteiger partial charge in [0.15, 0.2) is 0 Å². The van der Waals surface area contributed by atoms with Crippen LogP contribution in [0.5, 0.6) is 0 Å². The van der Waals surface area contributed by atoms with Crippen LogP contribution in [0, 0.1) is 0 Å². The fourth-order valence-electron chi connectivity index (χ4n) is 4.60. The molecule has 0 amide bonds. The molecule has 1 saturated heterocycles. The Kier molecular flexibility index (Phi) is 16.5. The van der Waals surface area contributed by atoms with E-state index in [9.17, 15) is 9.46 Å². The number of rotatable bonds is 21. The van der Waals surface area contributed by atoms with Crippen molar-refractivity contribution in [3.05, 3.63) is 0 Å². The van der Waals surface area contributed by atoms with Crippen molar-refractivity contribution in [2.45, 2.75) is 129 Å². The summed E-state index contributed by atoms with van der Waals surface area (Å²) in [6.07, 6.45) is 23.3. The third-order valence-electron chi connectivity index (χ3n) is 6.94. The molecule has 1 fully saturated rings. The molecule has 0 bridgehead atoms. The van der Waals surface area contributed by atoms with E-state index in [4.69, 9.17) is 9.05 Å². The number of likely N-dealkylation sites (tertiary alicyclic amines) is 1. The second-order valence-corrected chi connectivity index (χ2v) is 11.7. The quantitative estimate of drug-likeness (QED) is 0.108. The van der Waals surface area contributed by atoms with Crippen LogP contribution >= 0.6 is 7.82 Å². The molecular weight excluding hydrogens is 409 g/mol. The highest BCUT2D eigenvalue weighted by atomic mass is 31.2. The van der Waals surface area contributed by atoms with Gasteiger partial charge >= 0.3 is 7.82 Å². The highest BCUT2D eigenvalue weighted by Gasteiger charge is 2.36. The molecular formula is C25H53NO4P+. The van der Waals surface area contributed by atoms with Crippen LogP contribution < -0.4 is 0 Å². The number of nitrogens with zero attached hydrogens (tertiary/aromatic N) is 1. The van der Waals surface area contributed by atoms with Gasteiger partial charge in [-0.25, -0.2) is 4.57 Å². The fourth-order valence-corrected chi connectivity index (χ4v) is 5.39.